The highest BCUT2D eigenvalue weighted by Crippen LogP contribution is 2.11. The van der Waals surface area contributed by atoms with Gasteiger partial charge in [-0.15, -0.1) is 0 Å². The van der Waals surface area contributed by atoms with Gasteiger partial charge in [-0.25, -0.2) is 8.78 Å². The standard InChI is InChI=1S/C14H21F2N3O/c1-10(17)14(20)19(7-6-18(2)3)9-11-4-5-12(15)13(16)8-11/h4-5,8,10H,6-7,9,17H2,1-3H3. The molecule has 1 amide bonds. The van der Waals surface area contributed by atoms with Crippen molar-refractivity contribution in [1.82, 2.24) is 9.80 Å². The number of hydrogen-bond acceptors (Lipinski definition) is 3. The van der Waals surface area contributed by atoms with Crippen LogP contribution in [-0.4, -0.2) is 48.9 Å². The van der Waals surface area contributed by atoms with E-state index in [0.717, 1.165) is 12.1 Å². The van der Waals surface area contributed by atoms with Crippen LogP contribution in [0.5, 0.6) is 0 Å². The largest absolute Gasteiger partial charge is 0.336 e. The Morgan fingerprint density at radius 1 is 1.25 bits per heavy atom. The minimum Gasteiger partial charge on any atom is -0.336 e. The zero-order chi connectivity index (χ0) is 15.3. The van der Waals surface area contributed by atoms with Gasteiger partial charge in [-0.1, -0.05) is 6.07 Å². The lowest BCUT2D eigenvalue weighted by atomic mass is 10.2. The Hall–Kier alpha value is -1.53. The lowest BCUT2D eigenvalue weighted by Crippen LogP contribution is -2.44. The number of benzene rings is 1. The Kier molecular flexibility index (Phi) is 6.04. The van der Waals surface area contributed by atoms with Crippen molar-refractivity contribution in [2.45, 2.75) is 19.5 Å². The number of nitrogens with zero attached hydrogens (tertiary/aromatic N) is 2. The lowest BCUT2D eigenvalue weighted by Gasteiger charge is -2.26. The van der Waals surface area contributed by atoms with Gasteiger partial charge >= 0.3 is 0 Å². The van der Waals surface area contributed by atoms with Crippen molar-refractivity contribution in [1.29, 1.82) is 0 Å². The molecule has 20 heavy (non-hydrogen) atoms. The molecule has 0 aliphatic rings. The van der Waals surface area contributed by atoms with Crippen molar-refractivity contribution < 1.29 is 13.6 Å². The molecule has 0 bridgehead atoms. The van der Waals surface area contributed by atoms with Crippen LogP contribution >= 0.6 is 0 Å². The van der Waals surface area contributed by atoms with Gasteiger partial charge in [0.15, 0.2) is 11.6 Å². The minimum absolute atomic E-state index is 0.211. The van der Waals surface area contributed by atoms with Gasteiger partial charge in [0.25, 0.3) is 0 Å². The van der Waals surface area contributed by atoms with Crippen molar-refractivity contribution in [2.24, 2.45) is 5.73 Å². The van der Waals surface area contributed by atoms with E-state index in [4.69, 9.17) is 5.73 Å². The van der Waals surface area contributed by atoms with Crippen LogP contribution in [0.15, 0.2) is 18.2 Å². The van der Waals surface area contributed by atoms with Crippen molar-refractivity contribution in [3.05, 3.63) is 35.4 Å². The van der Waals surface area contributed by atoms with E-state index in [9.17, 15) is 13.6 Å². The normalized spacial score (nSPS) is 12.6. The first kappa shape index (κ1) is 16.5. The third-order valence-electron chi connectivity index (χ3n) is 2.88. The molecule has 0 aliphatic carbocycles. The number of likely N-dealkylation sites (N-methyl/N-ethyl adjacent to an activating group) is 1. The number of carbonyl (C=O) groups excluding carboxylic acids is 1. The van der Waals surface area contributed by atoms with Crippen LogP contribution in [0.4, 0.5) is 8.78 Å². The first-order chi connectivity index (χ1) is 9.31. The van der Waals surface area contributed by atoms with E-state index in [1.54, 1.807) is 11.8 Å². The van der Waals surface area contributed by atoms with Crippen LogP contribution < -0.4 is 5.73 Å². The first-order valence-corrected chi connectivity index (χ1v) is 6.44. The molecule has 1 unspecified atom stereocenters. The van der Waals surface area contributed by atoms with Crippen LogP contribution in [0.1, 0.15) is 12.5 Å². The first-order valence-electron chi connectivity index (χ1n) is 6.44. The summed E-state index contributed by atoms with van der Waals surface area (Å²) >= 11 is 0. The second-order valence-corrected chi connectivity index (χ2v) is 5.10. The minimum atomic E-state index is -0.914. The van der Waals surface area contributed by atoms with Crippen LogP contribution in [-0.2, 0) is 11.3 Å². The van der Waals surface area contributed by atoms with Gasteiger partial charge in [0.2, 0.25) is 5.91 Å². The molecule has 0 radical (unpaired) electrons. The average molecular weight is 285 g/mol. The van der Waals surface area contributed by atoms with E-state index in [0.29, 0.717) is 18.7 Å². The van der Waals surface area contributed by atoms with Crippen molar-refractivity contribution in [3.63, 3.8) is 0 Å². The topological polar surface area (TPSA) is 49.6 Å². The molecule has 1 rings (SSSR count). The van der Waals surface area contributed by atoms with E-state index in [1.165, 1.54) is 6.07 Å². The molecule has 0 aliphatic heterocycles. The summed E-state index contributed by atoms with van der Waals surface area (Å²) in [4.78, 5) is 15.5. The number of amides is 1. The molecule has 0 saturated carbocycles. The van der Waals surface area contributed by atoms with E-state index in [-0.39, 0.29) is 12.5 Å². The maximum Gasteiger partial charge on any atom is 0.239 e. The Morgan fingerprint density at radius 3 is 2.40 bits per heavy atom. The third kappa shape index (κ3) is 4.86. The van der Waals surface area contributed by atoms with E-state index < -0.39 is 17.7 Å². The molecular formula is C14H21F2N3O. The summed E-state index contributed by atoms with van der Waals surface area (Å²) in [5, 5.41) is 0. The van der Waals surface area contributed by atoms with E-state index in [2.05, 4.69) is 0 Å². The fourth-order valence-electron chi connectivity index (χ4n) is 1.73. The summed E-state index contributed by atoms with van der Waals surface area (Å²) in [5.74, 6) is -2.02. The van der Waals surface area contributed by atoms with E-state index in [1.807, 2.05) is 19.0 Å². The highest BCUT2D eigenvalue weighted by Gasteiger charge is 2.18. The van der Waals surface area contributed by atoms with Gasteiger partial charge in [-0.2, -0.15) is 0 Å². The summed E-state index contributed by atoms with van der Waals surface area (Å²) in [6.07, 6.45) is 0. The predicted octanol–water partition coefficient (Wildman–Crippen LogP) is 1.20. The molecule has 1 aromatic carbocycles. The number of halogens is 2. The predicted molar refractivity (Wildman–Crippen MR) is 74.0 cm³/mol. The molecule has 6 heteroatoms. The average Bonchev–Trinajstić information content (AvgIpc) is 2.37. The summed E-state index contributed by atoms with van der Waals surface area (Å²) in [6.45, 7) is 2.97. The van der Waals surface area contributed by atoms with Gasteiger partial charge in [-0.05, 0) is 38.7 Å². The zero-order valence-corrected chi connectivity index (χ0v) is 12.1. The number of nitrogens with two attached hydrogens (primary N) is 1. The molecule has 0 aromatic heterocycles. The quantitative estimate of drug-likeness (QED) is 0.854. The fourth-order valence-corrected chi connectivity index (χ4v) is 1.73. The maximum absolute atomic E-state index is 13.2. The summed E-state index contributed by atoms with van der Waals surface area (Å²) in [5.41, 5.74) is 6.15. The maximum atomic E-state index is 13.2. The highest BCUT2D eigenvalue weighted by atomic mass is 19.2. The SMILES string of the molecule is CC(N)C(=O)N(CCN(C)C)Cc1ccc(F)c(F)c1. The summed E-state index contributed by atoms with van der Waals surface area (Å²) in [6, 6.07) is 3.01. The monoisotopic (exact) mass is 285 g/mol. The molecule has 1 atom stereocenters. The molecule has 1 aromatic rings. The van der Waals surface area contributed by atoms with Gasteiger partial charge in [0.1, 0.15) is 0 Å². The third-order valence-corrected chi connectivity index (χ3v) is 2.88. The van der Waals surface area contributed by atoms with Crippen LogP contribution in [0.25, 0.3) is 0 Å². The Balaban J connectivity index is 2.82. The van der Waals surface area contributed by atoms with Gasteiger partial charge < -0.3 is 15.5 Å². The summed E-state index contributed by atoms with van der Waals surface area (Å²) < 4.78 is 26.1. The van der Waals surface area contributed by atoms with Crippen molar-refractivity contribution >= 4 is 5.91 Å². The highest BCUT2D eigenvalue weighted by molar-refractivity contribution is 5.81. The fraction of sp³-hybridized carbons (Fsp3) is 0.500. The molecular weight excluding hydrogens is 264 g/mol. The van der Waals surface area contributed by atoms with Crippen LogP contribution in [0.3, 0.4) is 0 Å². The van der Waals surface area contributed by atoms with E-state index >= 15 is 0 Å². The molecule has 0 fully saturated rings. The lowest BCUT2D eigenvalue weighted by molar-refractivity contribution is -0.133. The molecule has 112 valence electrons. The van der Waals surface area contributed by atoms with Crippen molar-refractivity contribution in [2.75, 3.05) is 27.2 Å². The second-order valence-electron chi connectivity index (χ2n) is 5.10. The molecule has 0 heterocycles. The van der Waals surface area contributed by atoms with Crippen LogP contribution in [0, 0.1) is 11.6 Å². The number of hydrogen-bond donors (Lipinski definition) is 1. The molecule has 0 saturated heterocycles. The van der Waals surface area contributed by atoms with Gasteiger partial charge in [-0.3, -0.25) is 4.79 Å². The Morgan fingerprint density at radius 2 is 1.90 bits per heavy atom. The molecule has 4 nitrogen and oxygen atoms in total. The van der Waals surface area contributed by atoms with Crippen molar-refractivity contribution in [3.8, 4) is 0 Å². The zero-order valence-electron chi connectivity index (χ0n) is 12.1. The second kappa shape index (κ2) is 7.31. The molecule has 2 N–H and O–H groups in total. The smallest absolute Gasteiger partial charge is 0.239 e. The molecule has 0 spiro atoms. The van der Waals surface area contributed by atoms with Gasteiger partial charge in [0.05, 0.1) is 6.04 Å². The van der Waals surface area contributed by atoms with Crippen LogP contribution in [0.2, 0.25) is 0 Å². The van der Waals surface area contributed by atoms with Gasteiger partial charge in [0, 0.05) is 19.6 Å². The number of rotatable bonds is 6. The Labute approximate surface area is 118 Å². The Bertz CT molecular complexity index is 464. The summed E-state index contributed by atoms with van der Waals surface area (Å²) in [7, 11) is 3.79. The number of carbonyl (C=O) groups is 1.